The fourth-order valence-electron chi connectivity index (χ4n) is 1.57. The van der Waals surface area contributed by atoms with Gasteiger partial charge in [-0.2, -0.15) is 0 Å². The van der Waals surface area contributed by atoms with Crippen LogP contribution in [0.2, 0.25) is 0 Å². The number of pyridine rings is 1. The molecule has 0 radical (unpaired) electrons. The molecule has 1 N–H and O–H groups in total. The molecule has 0 aliphatic heterocycles. The van der Waals surface area contributed by atoms with Crippen LogP contribution in [0.25, 0.3) is 5.52 Å². The summed E-state index contributed by atoms with van der Waals surface area (Å²) in [6.07, 6.45) is 4.88. The van der Waals surface area contributed by atoms with Gasteiger partial charge in [0.15, 0.2) is 0 Å². The molecule has 0 bridgehead atoms. The van der Waals surface area contributed by atoms with Crippen LogP contribution in [0.15, 0.2) is 29.0 Å². The fourth-order valence-corrected chi connectivity index (χ4v) is 2.01. The van der Waals surface area contributed by atoms with Gasteiger partial charge in [0.25, 0.3) is 0 Å². The number of rotatable bonds is 3. The number of aromatic nitrogens is 2. The molecule has 0 aromatic carbocycles. The summed E-state index contributed by atoms with van der Waals surface area (Å²) in [6, 6.07) is 4.49. The average Bonchev–Trinajstić information content (AvgIpc) is 2.63. The molecular formula is C11H14BrN3. The van der Waals surface area contributed by atoms with Gasteiger partial charge in [0.05, 0.1) is 11.7 Å². The first kappa shape index (κ1) is 10.6. The molecule has 0 aliphatic carbocycles. The highest BCUT2D eigenvalue weighted by molar-refractivity contribution is 9.10. The monoisotopic (exact) mass is 267 g/mol. The zero-order valence-electron chi connectivity index (χ0n) is 8.87. The van der Waals surface area contributed by atoms with Crippen molar-refractivity contribution < 1.29 is 0 Å². The summed E-state index contributed by atoms with van der Waals surface area (Å²) in [4.78, 5) is 4.44. The van der Waals surface area contributed by atoms with Crippen molar-refractivity contribution in [2.24, 2.45) is 0 Å². The molecule has 0 spiro atoms. The first-order valence-corrected chi connectivity index (χ1v) is 5.79. The standard InChI is InChI=1S/C11H14BrN3/c1-8(13-2)6-11-14-7-10-9(12)4-3-5-15(10)11/h3-5,7-8,13H,6H2,1-2H3. The molecule has 0 amide bonds. The van der Waals surface area contributed by atoms with Gasteiger partial charge in [-0.15, -0.1) is 0 Å². The van der Waals surface area contributed by atoms with Crippen LogP contribution in [0.4, 0.5) is 0 Å². The van der Waals surface area contributed by atoms with Crippen molar-refractivity contribution in [2.75, 3.05) is 7.05 Å². The van der Waals surface area contributed by atoms with Gasteiger partial charge in [-0.05, 0) is 42.0 Å². The second-order valence-electron chi connectivity index (χ2n) is 3.68. The van der Waals surface area contributed by atoms with E-state index in [4.69, 9.17) is 0 Å². The Bertz CT molecular complexity index is 464. The summed E-state index contributed by atoms with van der Waals surface area (Å²) in [7, 11) is 1.97. The summed E-state index contributed by atoms with van der Waals surface area (Å²) in [5.74, 6) is 1.09. The van der Waals surface area contributed by atoms with Gasteiger partial charge in [0.2, 0.25) is 0 Å². The Kier molecular flexibility index (Phi) is 3.07. The molecule has 80 valence electrons. The number of nitrogens with one attached hydrogen (secondary N) is 1. The minimum atomic E-state index is 0.439. The maximum atomic E-state index is 4.44. The van der Waals surface area contributed by atoms with Crippen molar-refractivity contribution in [1.29, 1.82) is 0 Å². The lowest BCUT2D eigenvalue weighted by atomic mass is 10.2. The predicted molar refractivity (Wildman–Crippen MR) is 65.1 cm³/mol. The highest BCUT2D eigenvalue weighted by Crippen LogP contribution is 2.18. The van der Waals surface area contributed by atoms with Crippen molar-refractivity contribution in [3.8, 4) is 0 Å². The van der Waals surface area contributed by atoms with Gasteiger partial charge in [0, 0.05) is 23.1 Å². The minimum absolute atomic E-state index is 0.439. The number of imidazole rings is 1. The van der Waals surface area contributed by atoms with Gasteiger partial charge in [-0.1, -0.05) is 0 Å². The van der Waals surface area contributed by atoms with E-state index in [0.29, 0.717) is 6.04 Å². The Balaban J connectivity index is 2.41. The van der Waals surface area contributed by atoms with Crippen molar-refractivity contribution in [1.82, 2.24) is 14.7 Å². The summed E-state index contributed by atoms with van der Waals surface area (Å²) in [5.41, 5.74) is 1.12. The molecule has 3 nitrogen and oxygen atoms in total. The maximum absolute atomic E-state index is 4.44. The lowest BCUT2D eigenvalue weighted by molar-refractivity contribution is 0.590. The first-order chi connectivity index (χ1) is 7.22. The topological polar surface area (TPSA) is 29.3 Å². The van der Waals surface area contributed by atoms with Gasteiger partial charge in [-0.3, -0.25) is 0 Å². The van der Waals surface area contributed by atoms with Gasteiger partial charge >= 0.3 is 0 Å². The van der Waals surface area contributed by atoms with Gasteiger partial charge < -0.3 is 9.72 Å². The Morgan fingerprint density at radius 2 is 2.40 bits per heavy atom. The van der Waals surface area contributed by atoms with Gasteiger partial charge in [0.1, 0.15) is 5.82 Å². The van der Waals surface area contributed by atoms with E-state index in [1.54, 1.807) is 0 Å². The largest absolute Gasteiger partial charge is 0.317 e. The number of hydrogen-bond acceptors (Lipinski definition) is 2. The summed E-state index contributed by atoms with van der Waals surface area (Å²) < 4.78 is 3.21. The van der Waals surface area contributed by atoms with Crippen LogP contribution in [0.5, 0.6) is 0 Å². The molecule has 4 heteroatoms. The van der Waals surface area contributed by atoms with E-state index >= 15 is 0 Å². The Morgan fingerprint density at radius 1 is 1.60 bits per heavy atom. The number of hydrogen-bond donors (Lipinski definition) is 1. The molecular weight excluding hydrogens is 254 g/mol. The Labute approximate surface area is 97.6 Å². The summed E-state index contributed by atoms with van der Waals surface area (Å²) >= 11 is 3.52. The lowest BCUT2D eigenvalue weighted by Gasteiger charge is -2.08. The number of fused-ring (bicyclic) bond motifs is 1. The van der Waals surface area contributed by atoms with Crippen molar-refractivity contribution in [3.63, 3.8) is 0 Å². The molecule has 15 heavy (non-hydrogen) atoms. The molecule has 0 saturated carbocycles. The molecule has 1 unspecified atom stereocenters. The van der Waals surface area contributed by atoms with Crippen molar-refractivity contribution in [3.05, 3.63) is 34.8 Å². The third kappa shape index (κ3) is 2.06. The minimum Gasteiger partial charge on any atom is -0.317 e. The molecule has 0 fully saturated rings. The first-order valence-electron chi connectivity index (χ1n) is 5.00. The quantitative estimate of drug-likeness (QED) is 0.925. The molecule has 1 atom stereocenters. The van der Waals surface area contributed by atoms with Gasteiger partial charge in [-0.25, -0.2) is 4.98 Å². The summed E-state index contributed by atoms with van der Waals surface area (Å²) in [5, 5.41) is 3.22. The van der Waals surface area contributed by atoms with Crippen molar-refractivity contribution in [2.45, 2.75) is 19.4 Å². The zero-order chi connectivity index (χ0) is 10.8. The molecule has 2 aromatic heterocycles. The van der Waals surface area contributed by atoms with Crippen LogP contribution in [0.3, 0.4) is 0 Å². The second kappa shape index (κ2) is 4.33. The summed E-state index contributed by atoms with van der Waals surface area (Å²) in [6.45, 7) is 2.15. The normalized spacial score (nSPS) is 13.3. The van der Waals surface area contributed by atoms with Crippen LogP contribution in [-0.2, 0) is 6.42 Å². The van der Waals surface area contributed by atoms with Crippen molar-refractivity contribution >= 4 is 21.4 Å². The Hall–Kier alpha value is -0.870. The highest BCUT2D eigenvalue weighted by atomic mass is 79.9. The average molecular weight is 268 g/mol. The van der Waals surface area contributed by atoms with E-state index in [0.717, 1.165) is 22.2 Å². The number of halogens is 1. The second-order valence-corrected chi connectivity index (χ2v) is 4.53. The van der Waals surface area contributed by atoms with Crippen LogP contribution in [0.1, 0.15) is 12.7 Å². The molecule has 2 rings (SSSR count). The molecule has 2 heterocycles. The third-order valence-corrected chi connectivity index (χ3v) is 3.25. The molecule has 2 aromatic rings. The lowest BCUT2D eigenvalue weighted by Crippen LogP contribution is -2.24. The van der Waals surface area contributed by atoms with E-state index < -0.39 is 0 Å². The number of nitrogens with zero attached hydrogens (tertiary/aromatic N) is 2. The predicted octanol–water partition coefficient (Wildman–Crippen LogP) is 2.25. The van der Waals surface area contributed by atoms with E-state index in [1.807, 2.05) is 31.6 Å². The molecule has 0 aliphatic rings. The van der Waals surface area contributed by atoms with Crippen LogP contribution >= 0.6 is 15.9 Å². The maximum Gasteiger partial charge on any atom is 0.114 e. The van der Waals surface area contributed by atoms with Crippen LogP contribution in [0, 0.1) is 0 Å². The number of likely N-dealkylation sites (N-methyl/N-ethyl adjacent to an activating group) is 1. The van der Waals surface area contributed by atoms with E-state index in [1.165, 1.54) is 0 Å². The Morgan fingerprint density at radius 3 is 3.13 bits per heavy atom. The van der Waals surface area contributed by atoms with Crippen LogP contribution < -0.4 is 5.32 Å². The van der Waals surface area contributed by atoms with E-state index in [-0.39, 0.29) is 0 Å². The highest BCUT2D eigenvalue weighted by Gasteiger charge is 2.08. The SMILES string of the molecule is CNC(C)Cc1ncc2c(Br)cccn12. The fraction of sp³-hybridized carbons (Fsp3) is 0.364. The zero-order valence-corrected chi connectivity index (χ0v) is 10.5. The smallest absolute Gasteiger partial charge is 0.114 e. The molecule has 0 saturated heterocycles. The third-order valence-electron chi connectivity index (χ3n) is 2.58. The van der Waals surface area contributed by atoms with Crippen LogP contribution in [-0.4, -0.2) is 22.5 Å². The van der Waals surface area contributed by atoms with E-state index in [2.05, 4.69) is 37.6 Å². The van der Waals surface area contributed by atoms with E-state index in [9.17, 15) is 0 Å².